The third kappa shape index (κ3) is 0.747. The summed E-state index contributed by atoms with van der Waals surface area (Å²) in [4.78, 5) is 0. The fraction of sp³-hybridized carbons (Fsp3) is 0.600. The number of aliphatic hydroxyl groups is 1. The zero-order valence-electron chi connectivity index (χ0n) is 4.22. The van der Waals surface area contributed by atoms with Crippen LogP contribution in [0.2, 0.25) is 0 Å². The zero-order valence-corrected chi connectivity index (χ0v) is 4.22. The third-order valence-corrected chi connectivity index (χ3v) is 1.06. The van der Waals surface area contributed by atoms with Gasteiger partial charge in [0.1, 0.15) is 11.9 Å². The average molecular weight is 100 g/mol. The Morgan fingerprint density at radius 1 is 2.00 bits per heavy atom. The first kappa shape index (κ1) is 4.65. The lowest BCUT2D eigenvalue weighted by molar-refractivity contribution is 0.110. The van der Waals surface area contributed by atoms with Crippen LogP contribution in [0.4, 0.5) is 0 Å². The molecule has 0 aliphatic carbocycles. The van der Waals surface area contributed by atoms with Crippen molar-refractivity contribution >= 4 is 0 Å². The van der Waals surface area contributed by atoms with Crippen LogP contribution in [0, 0.1) is 0 Å². The molecule has 2 nitrogen and oxygen atoms in total. The first-order chi connectivity index (χ1) is 3.30. The third-order valence-electron chi connectivity index (χ3n) is 1.06. The minimum atomic E-state index is -0.0694. The highest BCUT2D eigenvalue weighted by Gasteiger charge is 2.11. The van der Waals surface area contributed by atoms with Crippen LogP contribution in [0.25, 0.3) is 0 Å². The molecule has 7 heavy (non-hydrogen) atoms. The van der Waals surface area contributed by atoms with E-state index in [1.54, 1.807) is 6.08 Å². The van der Waals surface area contributed by atoms with E-state index in [0.29, 0.717) is 12.4 Å². The second kappa shape index (κ2) is 1.54. The molecule has 0 spiro atoms. The first-order valence-corrected chi connectivity index (χ1v) is 2.31. The van der Waals surface area contributed by atoms with Crippen molar-refractivity contribution in [1.82, 2.24) is 0 Å². The molecule has 0 bridgehead atoms. The van der Waals surface area contributed by atoms with Crippen molar-refractivity contribution in [3.63, 3.8) is 0 Å². The van der Waals surface area contributed by atoms with Gasteiger partial charge in [-0.1, -0.05) is 0 Å². The van der Waals surface area contributed by atoms with Crippen LogP contribution in [-0.2, 0) is 4.74 Å². The van der Waals surface area contributed by atoms with Crippen LogP contribution in [0.15, 0.2) is 11.8 Å². The molecule has 1 aliphatic rings. The van der Waals surface area contributed by atoms with Gasteiger partial charge in [-0.05, 0) is 13.0 Å². The summed E-state index contributed by atoms with van der Waals surface area (Å²) in [5.74, 6) is 0.361. The summed E-state index contributed by atoms with van der Waals surface area (Å²) < 4.78 is 4.92. The first-order valence-electron chi connectivity index (χ1n) is 2.31. The molecule has 1 N–H and O–H groups in total. The normalized spacial score (nSPS) is 30.4. The van der Waals surface area contributed by atoms with Crippen molar-refractivity contribution in [2.24, 2.45) is 0 Å². The van der Waals surface area contributed by atoms with Gasteiger partial charge in [0.15, 0.2) is 0 Å². The maximum Gasteiger partial charge on any atom is 0.119 e. The molecule has 0 saturated heterocycles. The monoisotopic (exact) mass is 100 g/mol. The van der Waals surface area contributed by atoms with Crippen LogP contribution >= 0.6 is 0 Å². The van der Waals surface area contributed by atoms with Crippen LogP contribution in [-0.4, -0.2) is 17.8 Å². The molecule has 0 aromatic rings. The van der Waals surface area contributed by atoms with Gasteiger partial charge in [-0.15, -0.1) is 0 Å². The lowest BCUT2D eigenvalue weighted by Crippen LogP contribution is -2.01. The average Bonchev–Trinajstić information content (AvgIpc) is 1.91. The maximum absolute atomic E-state index is 8.73. The van der Waals surface area contributed by atoms with E-state index in [1.165, 1.54) is 0 Å². The molecule has 0 aromatic heterocycles. The number of ether oxygens (including phenoxy) is 1. The highest BCUT2D eigenvalue weighted by molar-refractivity contribution is 5.01. The minimum absolute atomic E-state index is 0.0694. The van der Waals surface area contributed by atoms with Gasteiger partial charge >= 0.3 is 0 Å². The molecule has 1 atom stereocenters. The summed E-state index contributed by atoms with van der Waals surface area (Å²) in [6, 6.07) is 0. The van der Waals surface area contributed by atoms with Crippen molar-refractivity contribution in [3.05, 3.63) is 11.8 Å². The summed E-state index contributed by atoms with van der Waals surface area (Å²) in [6.45, 7) is 2.38. The second-order valence-corrected chi connectivity index (χ2v) is 1.60. The molecule has 0 amide bonds. The lowest BCUT2D eigenvalue weighted by Gasteiger charge is -1.99. The Morgan fingerprint density at radius 3 is 2.86 bits per heavy atom. The Kier molecular flexibility index (Phi) is 1.02. The molecule has 1 rings (SSSR count). The van der Waals surface area contributed by atoms with Gasteiger partial charge in [-0.25, -0.2) is 0 Å². The molecule has 1 heterocycles. The Labute approximate surface area is 42.4 Å². The fourth-order valence-electron chi connectivity index (χ4n) is 0.529. The van der Waals surface area contributed by atoms with Crippen LogP contribution in [0.3, 0.4) is 0 Å². The Morgan fingerprint density at radius 2 is 2.71 bits per heavy atom. The smallest absolute Gasteiger partial charge is 0.119 e. The van der Waals surface area contributed by atoms with E-state index in [-0.39, 0.29) is 6.10 Å². The van der Waals surface area contributed by atoms with E-state index >= 15 is 0 Å². The topological polar surface area (TPSA) is 29.5 Å². The summed E-state index contributed by atoms with van der Waals surface area (Å²) in [7, 11) is 0. The van der Waals surface area contributed by atoms with Crippen molar-refractivity contribution in [1.29, 1.82) is 0 Å². The fourth-order valence-corrected chi connectivity index (χ4v) is 0.529. The van der Waals surface area contributed by atoms with Crippen LogP contribution < -0.4 is 0 Å². The molecule has 0 saturated carbocycles. The summed E-state index contributed by atoms with van der Waals surface area (Å²) in [5.41, 5.74) is 0. The van der Waals surface area contributed by atoms with Crippen molar-refractivity contribution in [3.8, 4) is 0 Å². The van der Waals surface area contributed by atoms with Crippen molar-refractivity contribution in [2.45, 2.75) is 13.0 Å². The molecular formula is C5H8O2. The highest BCUT2D eigenvalue weighted by atomic mass is 16.5. The number of hydrogen-bond acceptors (Lipinski definition) is 2. The molecule has 0 aromatic carbocycles. The van der Waals surface area contributed by atoms with Crippen LogP contribution in [0.1, 0.15) is 6.92 Å². The number of rotatable bonds is 0. The van der Waals surface area contributed by atoms with E-state index in [4.69, 9.17) is 9.84 Å². The van der Waals surface area contributed by atoms with E-state index in [9.17, 15) is 0 Å². The van der Waals surface area contributed by atoms with E-state index in [0.717, 1.165) is 0 Å². The lowest BCUT2D eigenvalue weighted by atomic mass is 10.3. The molecule has 1 unspecified atom stereocenters. The summed E-state index contributed by atoms with van der Waals surface area (Å²) in [6.07, 6.45) is 1.60. The molecule has 2 heteroatoms. The second-order valence-electron chi connectivity index (χ2n) is 1.60. The zero-order chi connectivity index (χ0) is 5.28. The van der Waals surface area contributed by atoms with Gasteiger partial charge in [-0.2, -0.15) is 0 Å². The molecular weight excluding hydrogens is 92.1 g/mol. The molecule has 40 valence electrons. The number of aliphatic hydroxyl groups excluding tert-OH is 1. The van der Waals surface area contributed by atoms with Gasteiger partial charge in [-0.3, -0.25) is 0 Å². The molecule has 0 fully saturated rings. The van der Waals surface area contributed by atoms with Gasteiger partial charge in [0.25, 0.3) is 0 Å². The van der Waals surface area contributed by atoms with Gasteiger partial charge in [0, 0.05) is 0 Å². The van der Waals surface area contributed by atoms with Crippen molar-refractivity contribution < 1.29 is 9.84 Å². The van der Waals surface area contributed by atoms with Crippen molar-refractivity contribution in [2.75, 3.05) is 6.61 Å². The Balaban J connectivity index is 2.54. The number of hydrogen-bond donors (Lipinski definition) is 1. The molecule has 1 aliphatic heterocycles. The quantitative estimate of drug-likeness (QED) is 0.489. The van der Waals surface area contributed by atoms with E-state index < -0.39 is 0 Å². The maximum atomic E-state index is 8.73. The van der Waals surface area contributed by atoms with E-state index in [2.05, 4.69) is 0 Å². The van der Waals surface area contributed by atoms with Gasteiger partial charge in [0.2, 0.25) is 0 Å². The molecule has 0 radical (unpaired) electrons. The standard InChI is InChI=1S/C5H8O2/c1-4-5(6)2-3-7-4/h2,4,6H,3H2,1H3. The predicted molar refractivity (Wildman–Crippen MR) is 26.1 cm³/mol. The van der Waals surface area contributed by atoms with Crippen LogP contribution in [0.5, 0.6) is 0 Å². The Bertz CT molecular complexity index is 96.3. The van der Waals surface area contributed by atoms with Gasteiger partial charge < -0.3 is 9.84 Å². The predicted octanol–water partition coefficient (Wildman–Crippen LogP) is 0.847. The minimum Gasteiger partial charge on any atom is -0.510 e. The SMILES string of the molecule is CC1OCC=C1O. The summed E-state index contributed by atoms with van der Waals surface area (Å²) >= 11 is 0. The van der Waals surface area contributed by atoms with E-state index in [1.807, 2.05) is 6.92 Å². The Hall–Kier alpha value is -0.500. The highest BCUT2D eigenvalue weighted by Crippen LogP contribution is 2.08. The largest absolute Gasteiger partial charge is 0.510 e. The summed E-state index contributed by atoms with van der Waals surface area (Å²) in [5, 5.41) is 8.73. The van der Waals surface area contributed by atoms with Gasteiger partial charge in [0.05, 0.1) is 6.61 Å².